The number of amides is 2. The summed E-state index contributed by atoms with van der Waals surface area (Å²) in [6.07, 6.45) is -0.732. The minimum atomic E-state index is -4.53. The summed E-state index contributed by atoms with van der Waals surface area (Å²) < 4.78 is 76.8. The minimum Gasteiger partial charge on any atom is -0.340 e. The monoisotopic (exact) mass is 569 g/mol. The van der Waals surface area contributed by atoms with E-state index in [0.29, 0.717) is 24.7 Å². The van der Waals surface area contributed by atoms with Gasteiger partial charge in [-0.05, 0) is 73.1 Å². The Bertz CT molecular complexity index is 1280. The molecule has 2 fully saturated rings. The molecule has 7 nitrogen and oxygen atoms in total. The molecule has 39 heavy (non-hydrogen) atoms. The van der Waals surface area contributed by atoms with Crippen LogP contribution in [-0.4, -0.2) is 67.9 Å². The second-order valence-electron chi connectivity index (χ2n) is 10.2. The number of piperazine rings is 1. The molecule has 1 saturated heterocycles. The van der Waals surface area contributed by atoms with Gasteiger partial charge in [0, 0.05) is 31.7 Å². The molecule has 0 radical (unpaired) electrons. The number of hydrogen-bond acceptors (Lipinski definition) is 4. The maximum absolute atomic E-state index is 13.4. The van der Waals surface area contributed by atoms with Crippen LogP contribution in [0.3, 0.4) is 0 Å². The zero-order chi connectivity index (χ0) is 28.4. The van der Waals surface area contributed by atoms with Gasteiger partial charge in [0.25, 0.3) is 5.91 Å². The van der Waals surface area contributed by atoms with Crippen LogP contribution >= 0.6 is 0 Å². The SMILES string of the molecule is CS(=O)(=O)N1CCN(C(=O)[C@H](CCC[C@@H]2C[C@H]2c2ccc(F)cc2)NC(=O)c2ccc(C(F)(F)F)cc2)CC1. The van der Waals surface area contributed by atoms with Crippen LogP contribution in [0.1, 0.15) is 53.1 Å². The number of sulfonamides is 1. The first kappa shape index (κ1) is 29.0. The molecule has 2 amide bonds. The Hall–Kier alpha value is -2.99. The lowest BCUT2D eigenvalue weighted by Gasteiger charge is -2.35. The molecule has 0 spiro atoms. The lowest BCUT2D eigenvalue weighted by atomic mass is 10.0. The number of halogens is 4. The standard InChI is InChI=1S/C27H31F4N3O4S/c1-39(37,38)34-15-13-33(14-16-34)26(36)24(32-25(35)19-5-9-21(10-6-19)27(29,30)31)4-2-3-20-17-23(20)18-7-11-22(28)12-8-18/h5-12,20,23-24H,2-4,13-17H2,1H3,(H,32,35)/t20-,23+,24+/m1/s1. The van der Waals surface area contributed by atoms with Gasteiger partial charge in [0.2, 0.25) is 15.9 Å². The minimum absolute atomic E-state index is 0.00117. The van der Waals surface area contributed by atoms with E-state index in [1.807, 2.05) is 0 Å². The molecule has 1 heterocycles. The number of benzene rings is 2. The Morgan fingerprint density at radius 3 is 2.18 bits per heavy atom. The van der Waals surface area contributed by atoms with E-state index < -0.39 is 33.7 Å². The average molecular weight is 570 g/mol. The van der Waals surface area contributed by atoms with Crippen molar-refractivity contribution in [3.8, 4) is 0 Å². The lowest BCUT2D eigenvalue weighted by Crippen LogP contribution is -2.55. The van der Waals surface area contributed by atoms with Crippen molar-refractivity contribution >= 4 is 21.8 Å². The number of nitrogens with zero attached hydrogens (tertiary/aromatic N) is 2. The van der Waals surface area contributed by atoms with Gasteiger partial charge in [0.05, 0.1) is 11.8 Å². The van der Waals surface area contributed by atoms with E-state index in [4.69, 9.17) is 0 Å². The summed E-state index contributed by atoms with van der Waals surface area (Å²) in [6.45, 7) is 0.638. The molecule has 2 aromatic carbocycles. The van der Waals surface area contributed by atoms with E-state index >= 15 is 0 Å². The van der Waals surface area contributed by atoms with Gasteiger partial charge in [-0.25, -0.2) is 12.8 Å². The lowest BCUT2D eigenvalue weighted by molar-refractivity contribution is -0.137. The molecular formula is C27H31F4N3O4S. The van der Waals surface area contributed by atoms with E-state index in [2.05, 4.69) is 5.32 Å². The van der Waals surface area contributed by atoms with Gasteiger partial charge in [0.1, 0.15) is 11.9 Å². The molecule has 1 N–H and O–H groups in total. The molecule has 4 rings (SSSR count). The summed E-state index contributed by atoms with van der Waals surface area (Å²) in [4.78, 5) is 27.8. The summed E-state index contributed by atoms with van der Waals surface area (Å²) in [6, 6.07) is 9.27. The van der Waals surface area contributed by atoms with Crippen LogP contribution < -0.4 is 5.32 Å². The average Bonchev–Trinajstić information content (AvgIpc) is 3.66. The summed E-state index contributed by atoms with van der Waals surface area (Å²) in [5.41, 5.74) is 0.185. The molecular weight excluding hydrogens is 538 g/mol. The predicted molar refractivity (Wildman–Crippen MR) is 137 cm³/mol. The zero-order valence-electron chi connectivity index (χ0n) is 21.5. The van der Waals surface area contributed by atoms with Gasteiger partial charge < -0.3 is 10.2 Å². The van der Waals surface area contributed by atoms with E-state index in [0.717, 1.165) is 48.9 Å². The molecule has 1 aliphatic heterocycles. The molecule has 0 unspecified atom stereocenters. The predicted octanol–water partition coefficient (Wildman–Crippen LogP) is 4.02. The maximum atomic E-state index is 13.4. The maximum Gasteiger partial charge on any atom is 0.416 e. The Kier molecular flexibility index (Phi) is 8.65. The number of alkyl halides is 3. The molecule has 212 valence electrons. The molecule has 2 aliphatic rings. The topological polar surface area (TPSA) is 86.8 Å². The highest BCUT2D eigenvalue weighted by molar-refractivity contribution is 7.88. The fourth-order valence-corrected chi connectivity index (χ4v) is 5.87. The number of nitrogens with one attached hydrogen (secondary N) is 1. The molecule has 0 bridgehead atoms. The Labute approximate surface area is 225 Å². The van der Waals surface area contributed by atoms with Crippen LogP contribution in [0.2, 0.25) is 0 Å². The van der Waals surface area contributed by atoms with Crippen molar-refractivity contribution in [2.45, 2.75) is 43.8 Å². The van der Waals surface area contributed by atoms with Crippen LogP contribution in [0, 0.1) is 11.7 Å². The molecule has 0 aromatic heterocycles. The van der Waals surface area contributed by atoms with Crippen molar-refractivity contribution in [3.63, 3.8) is 0 Å². The van der Waals surface area contributed by atoms with Gasteiger partial charge in [-0.1, -0.05) is 18.6 Å². The first-order chi connectivity index (χ1) is 18.3. The van der Waals surface area contributed by atoms with Gasteiger partial charge in [-0.15, -0.1) is 0 Å². The quantitative estimate of drug-likeness (QED) is 0.463. The van der Waals surface area contributed by atoms with Gasteiger partial charge in [-0.3, -0.25) is 9.59 Å². The normalized spacial score (nSPS) is 20.9. The molecule has 2 aromatic rings. The highest BCUT2D eigenvalue weighted by atomic mass is 32.2. The molecule has 1 aliphatic carbocycles. The van der Waals surface area contributed by atoms with E-state index in [1.165, 1.54) is 21.3 Å². The first-order valence-corrected chi connectivity index (χ1v) is 14.7. The van der Waals surface area contributed by atoms with Crippen LogP contribution in [0.5, 0.6) is 0 Å². The molecule has 3 atom stereocenters. The smallest absolute Gasteiger partial charge is 0.340 e. The largest absolute Gasteiger partial charge is 0.416 e. The van der Waals surface area contributed by atoms with Gasteiger partial charge >= 0.3 is 6.18 Å². The summed E-state index contributed by atoms with van der Waals surface area (Å²) in [5.74, 6) is -0.596. The van der Waals surface area contributed by atoms with Gasteiger partial charge in [-0.2, -0.15) is 17.5 Å². The number of hydrogen-bond donors (Lipinski definition) is 1. The zero-order valence-corrected chi connectivity index (χ0v) is 22.3. The third-order valence-electron chi connectivity index (χ3n) is 7.39. The first-order valence-electron chi connectivity index (χ1n) is 12.8. The highest BCUT2D eigenvalue weighted by Gasteiger charge is 2.38. The Morgan fingerprint density at radius 2 is 1.62 bits per heavy atom. The second-order valence-corrected chi connectivity index (χ2v) is 12.2. The van der Waals surface area contributed by atoms with E-state index in [9.17, 15) is 35.6 Å². The van der Waals surface area contributed by atoms with Gasteiger partial charge in [0.15, 0.2) is 0 Å². The van der Waals surface area contributed by atoms with Crippen molar-refractivity contribution in [1.82, 2.24) is 14.5 Å². The highest BCUT2D eigenvalue weighted by Crippen LogP contribution is 2.50. The Morgan fingerprint density at radius 1 is 1.00 bits per heavy atom. The van der Waals surface area contributed by atoms with E-state index in [-0.39, 0.29) is 43.5 Å². The fraction of sp³-hybridized carbons (Fsp3) is 0.481. The third-order valence-corrected chi connectivity index (χ3v) is 8.69. The fourth-order valence-electron chi connectivity index (χ4n) is 5.04. The van der Waals surface area contributed by atoms with Crippen molar-refractivity contribution in [1.29, 1.82) is 0 Å². The van der Waals surface area contributed by atoms with Crippen LogP contribution in [-0.2, 0) is 21.0 Å². The van der Waals surface area contributed by atoms with Crippen LogP contribution in [0.25, 0.3) is 0 Å². The van der Waals surface area contributed by atoms with E-state index in [1.54, 1.807) is 12.1 Å². The summed E-state index contributed by atoms with van der Waals surface area (Å²) >= 11 is 0. The number of carbonyl (C=O) groups excluding carboxylic acids is 2. The van der Waals surface area contributed by atoms with Crippen LogP contribution in [0.4, 0.5) is 17.6 Å². The number of rotatable bonds is 9. The number of carbonyl (C=O) groups is 2. The van der Waals surface area contributed by atoms with Crippen molar-refractivity contribution in [2.75, 3.05) is 32.4 Å². The molecule has 1 saturated carbocycles. The summed E-state index contributed by atoms with van der Waals surface area (Å²) in [7, 11) is -3.39. The van der Waals surface area contributed by atoms with Crippen LogP contribution in [0.15, 0.2) is 48.5 Å². The van der Waals surface area contributed by atoms with Crippen molar-refractivity contribution in [2.24, 2.45) is 5.92 Å². The second kappa shape index (κ2) is 11.6. The molecule has 12 heteroatoms. The Balaban J connectivity index is 1.39. The van der Waals surface area contributed by atoms with Crippen molar-refractivity contribution in [3.05, 3.63) is 71.0 Å². The summed E-state index contributed by atoms with van der Waals surface area (Å²) in [5, 5.41) is 2.69. The third kappa shape index (κ3) is 7.57. The van der Waals surface area contributed by atoms with Crippen molar-refractivity contribution < 1.29 is 35.6 Å².